The van der Waals surface area contributed by atoms with Gasteiger partial charge in [-0.15, -0.1) is 0 Å². The first kappa shape index (κ1) is 35.2. The largest absolute Gasteiger partial charge is 0.310 e. The van der Waals surface area contributed by atoms with Crippen LogP contribution in [0, 0.1) is 0 Å². The zero-order valence-corrected chi connectivity index (χ0v) is 34.0. The first-order chi connectivity index (χ1) is 28.8. The Labute approximate surface area is 347 Å². The number of hydrogen-bond acceptors (Lipinski definition) is 1. The Morgan fingerprint density at radius 1 is 0.305 bits per heavy atom. The van der Waals surface area contributed by atoms with Crippen LogP contribution in [0.15, 0.2) is 200 Å². The summed E-state index contributed by atoms with van der Waals surface area (Å²) in [7, 11) is 0. The van der Waals surface area contributed by atoms with Crippen molar-refractivity contribution in [1.29, 1.82) is 0 Å². The molecule has 0 unspecified atom stereocenters. The van der Waals surface area contributed by atoms with Gasteiger partial charge >= 0.3 is 0 Å². The van der Waals surface area contributed by atoms with Gasteiger partial charge in [0.05, 0.1) is 0 Å². The minimum absolute atomic E-state index is 0.118. The topological polar surface area (TPSA) is 3.24 Å². The fraction of sp³-hybridized carbons (Fsp3) is 0.103. The van der Waals surface area contributed by atoms with Crippen molar-refractivity contribution < 1.29 is 0 Å². The molecular formula is C58H45N. The zero-order valence-electron chi connectivity index (χ0n) is 34.0. The quantitative estimate of drug-likeness (QED) is 0.163. The summed E-state index contributed by atoms with van der Waals surface area (Å²) in [5.74, 6) is 0. The Balaban J connectivity index is 1.07. The van der Waals surface area contributed by atoms with Crippen LogP contribution < -0.4 is 4.90 Å². The van der Waals surface area contributed by atoms with Gasteiger partial charge in [0.2, 0.25) is 0 Å². The van der Waals surface area contributed by atoms with Crippen LogP contribution in [0.1, 0.15) is 49.9 Å². The third kappa shape index (κ3) is 5.45. The van der Waals surface area contributed by atoms with Crippen molar-refractivity contribution in [2.24, 2.45) is 0 Å². The molecule has 0 heterocycles. The number of nitrogens with zero attached hydrogens (tertiary/aromatic N) is 1. The third-order valence-corrected chi connectivity index (χ3v) is 13.2. The fourth-order valence-corrected chi connectivity index (χ4v) is 10.5. The maximum Gasteiger partial charge on any atom is 0.0467 e. The van der Waals surface area contributed by atoms with Crippen LogP contribution in [-0.4, -0.2) is 0 Å². The van der Waals surface area contributed by atoms with Crippen molar-refractivity contribution in [2.45, 2.75) is 38.5 Å². The monoisotopic (exact) mass is 755 g/mol. The Morgan fingerprint density at radius 2 is 0.729 bits per heavy atom. The summed E-state index contributed by atoms with van der Waals surface area (Å²) in [6.45, 7) is 9.50. The molecule has 1 nitrogen and oxygen atoms in total. The molecule has 59 heavy (non-hydrogen) atoms. The lowest BCUT2D eigenvalue weighted by Crippen LogP contribution is -2.16. The van der Waals surface area contributed by atoms with E-state index >= 15 is 0 Å². The average Bonchev–Trinajstić information content (AvgIpc) is 3.67. The molecule has 0 bridgehead atoms. The first-order valence-corrected chi connectivity index (χ1v) is 20.8. The SMILES string of the molecule is CC1(C)c2ccccc2-c2cccc(-c3cccc(N(c4ccc(-c5cccc6ccccc56)cc4)c4cccc(-c5cccc6c5C(C)(C)c5ccccc5-6)c4)c3)c21. The number of rotatable bonds is 6. The van der Waals surface area contributed by atoms with E-state index in [0.29, 0.717) is 0 Å². The molecule has 9 aromatic rings. The second kappa shape index (κ2) is 13.3. The average molecular weight is 756 g/mol. The van der Waals surface area contributed by atoms with Crippen molar-refractivity contribution in [3.05, 3.63) is 222 Å². The maximum atomic E-state index is 2.44. The van der Waals surface area contributed by atoms with Gasteiger partial charge in [0.1, 0.15) is 0 Å². The van der Waals surface area contributed by atoms with Gasteiger partial charge in [-0.1, -0.05) is 191 Å². The van der Waals surface area contributed by atoms with Crippen LogP contribution >= 0.6 is 0 Å². The van der Waals surface area contributed by atoms with Gasteiger partial charge in [-0.3, -0.25) is 0 Å². The summed E-state index contributed by atoms with van der Waals surface area (Å²) in [6, 6.07) is 74.2. The van der Waals surface area contributed by atoms with Gasteiger partial charge in [-0.05, 0) is 125 Å². The summed E-state index contributed by atoms with van der Waals surface area (Å²) in [5, 5.41) is 2.52. The molecule has 0 N–H and O–H groups in total. The summed E-state index contributed by atoms with van der Waals surface area (Å²) >= 11 is 0. The molecule has 2 aliphatic rings. The molecule has 9 aromatic carbocycles. The van der Waals surface area contributed by atoms with Crippen molar-refractivity contribution in [1.82, 2.24) is 0 Å². The Kier molecular flexibility index (Phi) is 7.94. The predicted octanol–water partition coefficient (Wildman–Crippen LogP) is 15.9. The second-order valence-electron chi connectivity index (χ2n) is 17.3. The Morgan fingerprint density at radius 3 is 1.31 bits per heavy atom. The minimum Gasteiger partial charge on any atom is -0.310 e. The van der Waals surface area contributed by atoms with E-state index < -0.39 is 0 Å². The molecule has 0 saturated carbocycles. The molecule has 0 aromatic heterocycles. The number of anilines is 3. The molecule has 0 fully saturated rings. The van der Waals surface area contributed by atoms with Crippen LogP contribution in [0.4, 0.5) is 17.1 Å². The number of hydrogen-bond donors (Lipinski definition) is 0. The van der Waals surface area contributed by atoms with Gasteiger partial charge in [-0.2, -0.15) is 0 Å². The molecular weight excluding hydrogens is 711 g/mol. The molecule has 0 aliphatic heterocycles. The van der Waals surface area contributed by atoms with Crippen molar-refractivity contribution in [2.75, 3.05) is 4.90 Å². The highest BCUT2D eigenvalue weighted by Gasteiger charge is 2.38. The molecule has 0 radical (unpaired) electrons. The minimum atomic E-state index is -0.118. The molecule has 0 spiro atoms. The van der Waals surface area contributed by atoms with E-state index in [2.05, 4.69) is 233 Å². The summed E-state index contributed by atoms with van der Waals surface area (Å²) < 4.78 is 0. The smallest absolute Gasteiger partial charge is 0.0467 e. The van der Waals surface area contributed by atoms with Crippen LogP contribution in [0.3, 0.4) is 0 Å². The highest BCUT2D eigenvalue weighted by atomic mass is 15.1. The van der Waals surface area contributed by atoms with E-state index in [1.54, 1.807) is 0 Å². The highest BCUT2D eigenvalue weighted by Crippen LogP contribution is 2.54. The van der Waals surface area contributed by atoms with Gasteiger partial charge in [0, 0.05) is 27.9 Å². The summed E-state index contributed by atoms with van der Waals surface area (Å²) in [4.78, 5) is 2.44. The third-order valence-electron chi connectivity index (χ3n) is 13.2. The molecule has 1 heteroatoms. The molecule has 0 saturated heterocycles. The van der Waals surface area contributed by atoms with Crippen LogP contribution in [0.25, 0.3) is 66.4 Å². The zero-order chi connectivity index (χ0) is 39.9. The van der Waals surface area contributed by atoms with E-state index in [0.717, 1.165) is 17.1 Å². The van der Waals surface area contributed by atoms with E-state index in [9.17, 15) is 0 Å². The lowest BCUT2D eigenvalue weighted by molar-refractivity contribution is 0.662. The summed E-state index contributed by atoms with van der Waals surface area (Å²) in [5.41, 5.74) is 21.5. The molecule has 0 amide bonds. The Bertz CT molecular complexity index is 2950. The lowest BCUT2D eigenvalue weighted by atomic mass is 9.79. The summed E-state index contributed by atoms with van der Waals surface area (Å²) in [6.07, 6.45) is 0. The van der Waals surface area contributed by atoms with Gasteiger partial charge in [-0.25, -0.2) is 0 Å². The van der Waals surface area contributed by atoms with Crippen LogP contribution in [-0.2, 0) is 10.8 Å². The van der Waals surface area contributed by atoms with Crippen molar-refractivity contribution in [3.8, 4) is 55.6 Å². The van der Waals surface area contributed by atoms with Crippen molar-refractivity contribution >= 4 is 27.8 Å². The van der Waals surface area contributed by atoms with E-state index in [4.69, 9.17) is 0 Å². The number of benzene rings is 9. The molecule has 282 valence electrons. The molecule has 2 aliphatic carbocycles. The van der Waals surface area contributed by atoms with Gasteiger partial charge in [0.25, 0.3) is 0 Å². The first-order valence-electron chi connectivity index (χ1n) is 20.8. The Hall–Kier alpha value is -6.96. The molecule has 0 atom stereocenters. The van der Waals surface area contributed by atoms with Gasteiger partial charge < -0.3 is 4.90 Å². The van der Waals surface area contributed by atoms with E-state index in [-0.39, 0.29) is 10.8 Å². The van der Waals surface area contributed by atoms with Crippen LogP contribution in [0.2, 0.25) is 0 Å². The normalized spacial score (nSPS) is 14.0. The lowest BCUT2D eigenvalue weighted by Gasteiger charge is -2.28. The van der Waals surface area contributed by atoms with E-state index in [1.165, 1.54) is 88.7 Å². The van der Waals surface area contributed by atoms with Crippen molar-refractivity contribution in [3.63, 3.8) is 0 Å². The highest BCUT2D eigenvalue weighted by molar-refractivity contribution is 5.97. The van der Waals surface area contributed by atoms with Gasteiger partial charge in [0.15, 0.2) is 0 Å². The predicted molar refractivity (Wildman–Crippen MR) is 250 cm³/mol. The van der Waals surface area contributed by atoms with E-state index in [1.807, 2.05) is 0 Å². The maximum absolute atomic E-state index is 2.44. The number of fused-ring (bicyclic) bond motifs is 7. The second-order valence-corrected chi connectivity index (χ2v) is 17.3. The fourth-order valence-electron chi connectivity index (χ4n) is 10.5. The van der Waals surface area contributed by atoms with Crippen LogP contribution in [0.5, 0.6) is 0 Å². The molecule has 11 rings (SSSR count). The standard InChI is InChI=1S/C58H45N/c1-57(2)53-30-9-7-23-49(53)51-28-14-26-47(55(51)57)40-18-11-20-43(36-40)59(42-34-32-39(33-35-42)46-25-13-17-38-16-5-6-22-45(38)46)44-21-12-19-41(37-44)48-27-15-29-52-50-24-8-10-31-54(50)58(3,4)56(48)52/h5-37H,1-4H3.